The maximum Gasteiger partial charge on any atom is 0.0645 e. The number of aliphatic hydroxyl groups is 1. The number of hydrogen-bond acceptors (Lipinski definition) is 4. The van der Waals surface area contributed by atoms with Crippen molar-refractivity contribution in [2.45, 2.75) is 38.9 Å². The molecule has 0 spiro atoms. The smallest absolute Gasteiger partial charge is 0.0645 e. The van der Waals surface area contributed by atoms with E-state index in [0.29, 0.717) is 12.1 Å². The van der Waals surface area contributed by atoms with E-state index in [0.717, 1.165) is 38.3 Å². The highest BCUT2D eigenvalue weighted by molar-refractivity contribution is 5.30. The van der Waals surface area contributed by atoms with E-state index in [1.165, 1.54) is 5.56 Å². The van der Waals surface area contributed by atoms with E-state index in [4.69, 9.17) is 0 Å². The van der Waals surface area contributed by atoms with E-state index in [1.807, 2.05) is 29.1 Å². The van der Waals surface area contributed by atoms with Gasteiger partial charge in [-0.15, -0.1) is 0 Å². The van der Waals surface area contributed by atoms with Gasteiger partial charge in [0.1, 0.15) is 0 Å². The quantitative estimate of drug-likeness (QED) is 0.882. The van der Waals surface area contributed by atoms with Gasteiger partial charge in [0.25, 0.3) is 0 Å². The lowest BCUT2D eigenvalue weighted by molar-refractivity contribution is 0.0349. The molecule has 3 rings (SSSR count). The summed E-state index contributed by atoms with van der Waals surface area (Å²) in [6.07, 6.45) is 4.92. The lowest BCUT2D eigenvalue weighted by Crippen LogP contribution is -2.55. The van der Waals surface area contributed by atoms with E-state index in [1.54, 1.807) is 0 Å². The second-order valence-corrected chi connectivity index (χ2v) is 6.86. The molecule has 2 heterocycles. The molecule has 0 bridgehead atoms. The Morgan fingerprint density at radius 3 is 2.71 bits per heavy atom. The van der Waals surface area contributed by atoms with E-state index < -0.39 is 0 Å². The van der Waals surface area contributed by atoms with Gasteiger partial charge in [0, 0.05) is 56.6 Å². The van der Waals surface area contributed by atoms with Crippen molar-refractivity contribution in [3.63, 3.8) is 0 Å². The van der Waals surface area contributed by atoms with E-state index in [9.17, 15) is 5.11 Å². The molecule has 1 aliphatic rings. The summed E-state index contributed by atoms with van der Waals surface area (Å²) in [4.78, 5) is 4.99. The van der Waals surface area contributed by atoms with Gasteiger partial charge in [-0.2, -0.15) is 5.10 Å². The normalized spacial score (nSPS) is 19.9. The van der Waals surface area contributed by atoms with E-state index in [-0.39, 0.29) is 6.61 Å². The SMILES string of the molecule is CC(C)N1CCN(Cc2cnn(-c3ccccc3)c2)CC1CCO. The lowest BCUT2D eigenvalue weighted by Gasteiger charge is -2.43. The molecule has 1 aliphatic heterocycles. The largest absolute Gasteiger partial charge is 0.396 e. The van der Waals surface area contributed by atoms with Crippen LogP contribution in [-0.4, -0.2) is 63.0 Å². The topological polar surface area (TPSA) is 44.5 Å². The zero-order valence-electron chi connectivity index (χ0n) is 14.7. The van der Waals surface area contributed by atoms with Crippen LogP contribution >= 0.6 is 0 Å². The fourth-order valence-corrected chi connectivity index (χ4v) is 3.59. The zero-order valence-corrected chi connectivity index (χ0v) is 14.7. The second kappa shape index (κ2) is 7.92. The summed E-state index contributed by atoms with van der Waals surface area (Å²) in [5.41, 5.74) is 2.33. The molecule has 2 aromatic rings. The summed E-state index contributed by atoms with van der Waals surface area (Å²) >= 11 is 0. The summed E-state index contributed by atoms with van der Waals surface area (Å²) in [6, 6.07) is 11.2. The molecule has 1 atom stereocenters. The number of rotatable bonds is 6. The Labute approximate surface area is 144 Å². The van der Waals surface area contributed by atoms with Crippen LogP contribution in [0.1, 0.15) is 25.8 Å². The summed E-state index contributed by atoms with van der Waals surface area (Å²) in [6.45, 7) is 8.79. The predicted octanol–water partition coefficient (Wildman–Crippen LogP) is 2.15. The van der Waals surface area contributed by atoms with E-state index >= 15 is 0 Å². The molecule has 1 saturated heterocycles. The molecule has 0 radical (unpaired) electrons. The summed E-state index contributed by atoms with van der Waals surface area (Å²) in [7, 11) is 0. The van der Waals surface area contributed by atoms with Gasteiger partial charge in [0.05, 0.1) is 11.9 Å². The van der Waals surface area contributed by atoms with Crippen molar-refractivity contribution in [3.05, 3.63) is 48.3 Å². The van der Waals surface area contributed by atoms with Crippen molar-refractivity contribution in [2.24, 2.45) is 0 Å². The van der Waals surface area contributed by atoms with Crippen LogP contribution in [-0.2, 0) is 6.54 Å². The van der Waals surface area contributed by atoms with Gasteiger partial charge < -0.3 is 5.11 Å². The van der Waals surface area contributed by atoms with Crippen LogP contribution in [0.25, 0.3) is 5.69 Å². The van der Waals surface area contributed by atoms with Gasteiger partial charge in [-0.3, -0.25) is 9.80 Å². The summed E-state index contributed by atoms with van der Waals surface area (Å²) < 4.78 is 1.94. The zero-order chi connectivity index (χ0) is 16.9. The highest BCUT2D eigenvalue weighted by Gasteiger charge is 2.28. The van der Waals surface area contributed by atoms with Gasteiger partial charge in [0.2, 0.25) is 0 Å². The Balaban J connectivity index is 1.63. The van der Waals surface area contributed by atoms with Crippen molar-refractivity contribution in [3.8, 4) is 5.69 Å². The Morgan fingerprint density at radius 2 is 2.00 bits per heavy atom. The summed E-state index contributed by atoms with van der Waals surface area (Å²) in [5, 5.41) is 13.9. The minimum absolute atomic E-state index is 0.258. The Kier molecular flexibility index (Phi) is 5.66. The van der Waals surface area contributed by atoms with Crippen LogP contribution in [0.5, 0.6) is 0 Å². The van der Waals surface area contributed by atoms with Crippen LogP contribution in [0.2, 0.25) is 0 Å². The van der Waals surface area contributed by atoms with Gasteiger partial charge in [0.15, 0.2) is 0 Å². The molecule has 1 fully saturated rings. The van der Waals surface area contributed by atoms with Crippen molar-refractivity contribution >= 4 is 0 Å². The van der Waals surface area contributed by atoms with Gasteiger partial charge >= 0.3 is 0 Å². The molecule has 0 saturated carbocycles. The third kappa shape index (κ3) is 4.04. The minimum atomic E-state index is 0.258. The molecule has 1 aromatic carbocycles. The van der Waals surface area contributed by atoms with E-state index in [2.05, 4.69) is 47.1 Å². The van der Waals surface area contributed by atoms with Crippen molar-refractivity contribution in [2.75, 3.05) is 26.2 Å². The Bertz CT molecular complexity index is 625. The number of piperazine rings is 1. The fraction of sp³-hybridized carbons (Fsp3) is 0.526. The predicted molar refractivity (Wildman–Crippen MR) is 96.2 cm³/mol. The maximum absolute atomic E-state index is 9.36. The molecule has 24 heavy (non-hydrogen) atoms. The lowest BCUT2D eigenvalue weighted by atomic mass is 10.1. The van der Waals surface area contributed by atoms with Gasteiger partial charge in [-0.05, 0) is 32.4 Å². The number of para-hydroxylation sites is 1. The van der Waals surface area contributed by atoms with Gasteiger partial charge in [-0.25, -0.2) is 4.68 Å². The first-order valence-corrected chi connectivity index (χ1v) is 8.85. The first kappa shape index (κ1) is 17.1. The number of aliphatic hydroxyl groups excluding tert-OH is 1. The highest BCUT2D eigenvalue weighted by Crippen LogP contribution is 2.18. The van der Waals surface area contributed by atoms with Gasteiger partial charge in [-0.1, -0.05) is 18.2 Å². The Morgan fingerprint density at radius 1 is 1.21 bits per heavy atom. The van der Waals surface area contributed by atoms with Crippen LogP contribution < -0.4 is 0 Å². The van der Waals surface area contributed by atoms with Crippen LogP contribution in [0.3, 0.4) is 0 Å². The van der Waals surface area contributed by atoms with Crippen LogP contribution in [0, 0.1) is 0 Å². The first-order chi connectivity index (χ1) is 11.7. The van der Waals surface area contributed by atoms with Crippen LogP contribution in [0.15, 0.2) is 42.7 Å². The van der Waals surface area contributed by atoms with Crippen molar-refractivity contribution in [1.82, 2.24) is 19.6 Å². The molecule has 5 heteroatoms. The van der Waals surface area contributed by atoms with Crippen molar-refractivity contribution in [1.29, 1.82) is 0 Å². The maximum atomic E-state index is 9.36. The molecule has 1 aromatic heterocycles. The third-order valence-corrected chi connectivity index (χ3v) is 4.80. The molecule has 1 unspecified atom stereocenters. The summed E-state index contributed by atoms with van der Waals surface area (Å²) in [5.74, 6) is 0. The van der Waals surface area contributed by atoms with Crippen LogP contribution in [0.4, 0.5) is 0 Å². The average molecular weight is 328 g/mol. The number of benzene rings is 1. The number of nitrogens with zero attached hydrogens (tertiary/aromatic N) is 4. The minimum Gasteiger partial charge on any atom is -0.396 e. The average Bonchev–Trinajstić information content (AvgIpc) is 3.04. The first-order valence-electron chi connectivity index (χ1n) is 8.85. The number of aromatic nitrogens is 2. The molecule has 130 valence electrons. The third-order valence-electron chi connectivity index (χ3n) is 4.80. The number of hydrogen-bond donors (Lipinski definition) is 1. The molecular weight excluding hydrogens is 300 g/mol. The monoisotopic (exact) mass is 328 g/mol. The highest BCUT2D eigenvalue weighted by atomic mass is 16.3. The molecule has 5 nitrogen and oxygen atoms in total. The fourth-order valence-electron chi connectivity index (χ4n) is 3.59. The van der Waals surface area contributed by atoms with Crippen molar-refractivity contribution < 1.29 is 5.11 Å². The molecular formula is C19H28N4O. The Hall–Kier alpha value is -1.69. The standard InChI is InChI=1S/C19H28N4O/c1-16(2)22-10-9-21(15-19(22)8-11-24)13-17-12-20-23(14-17)18-6-4-3-5-7-18/h3-7,12,14,16,19,24H,8-11,13,15H2,1-2H3. The molecule has 0 aliphatic carbocycles. The molecule has 0 amide bonds. The second-order valence-electron chi connectivity index (χ2n) is 6.86. The molecule has 1 N–H and O–H groups in total.